The van der Waals surface area contributed by atoms with Crippen molar-refractivity contribution in [1.82, 2.24) is 9.62 Å². The topological polar surface area (TPSA) is 70.7 Å². The Morgan fingerprint density at radius 3 is 2.83 bits per heavy atom. The fourth-order valence-electron chi connectivity index (χ4n) is 2.11. The van der Waals surface area contributed by atoms with E-state index in [-0.39, 0.29) is 17.0 Å². The van der Waals surface area contributed by atoms with Crippen LogP contribution in [0.3, 0.4) is 0 Å². The Kier molecular flexibility index (Phi) is 3.62. The normalized spacial score (nSPS) is 29.7. The maximum Gasteiger partial charge on any atom is 0.122 e. The van der Waals surface area contributed by atoms with Crippen LogP contribution < -0.4 is 10.5 Å². The highest BCUT2D eigenvalue weighted by Gasteiger charge is 2.33. The van der Waals surface area contributed by atoms with Gasteiger partial charge in [0.05, 0.1) is 22.1 Å². The number of aliphatic imine (C=N–C) groups is 1. The van der Waals surface area contributed by atoms with Crippen LogP contribution in [0.2, 0.25) is 0 Å². The monoisotopic (exact) mass is 270 g/mol. The van der Waals surface area contributed by atoms with E-state index in [1.54, 1.807) is 6.34 Å². The summed E-state index contributed by atoms with van der Waals surface area (Å²) in [5, 5.41) is 0. The molecule has 2 heterocycles. The van der Waals surface area contributed by atoms with Crippen LogP contribution in [0.15, 0.2) is 16.3 Å². The van der Waals surface area contributed by atoms with E-state index in [0.717, 1.165) is 18.5 Å². The lowest BCUT2D eigenvalue weighted by Crippen LogP contribution is -2.41. The molecule has 0 aliphatic carbocycles. The summed E-state index contributed by atoms with van der Waals surface area (Å²) in [6.45, 7) is 8.75. The molecule has 6 heteroatoms. The van der Waals surface area contributed by atoms with Gasteiger partial charge in [0.1, 0.15) is 6.17 Å². The van der Waals surface area contributed by atoms with E-state index < -0.39 is 11.0 Å². The van der Waals surface area contributed by atoms with Gasteiger partial charge in [-0.25, -0.2) is 8.93 Å². The van der Waals surface area contributed by atoms with E-state index in [1.807, 2.05) is 27.7 Å². The molecule has 3 unspecified atom stereocenters. The minimum absolute atomic E-state index is 0.201. The molecule has 5 nitrogen and oxygen atoms in total. The quantitative estimate of drug-likeness (QED) is 0.776. The van der Waals surface area contributed by atoms with Gasteiger partial charge in [-0.3, -0.25) is 4.99 Å². The molecule has 18 heavy (non-hydrogen) atoms. The highest BCUT2D eigenvalue weighted by Crippen LogP contribution is 2.28. The van der Waals surface area contributed by atoms with Crippen molar-refractivity contribution in [1.29, 1.82) is 0 Å². The molecule has 0 aromatic heterocycles. The van der Waals surface area contributed by atoms with Crippen LogP contribution in [-0.4, -0.2) is 38.9 Å². The van der Waals surface area contributed by atoms with E-state index in [2.05, 4.69) is 14.6 Å². The van der Waals surface area contributed by atoms with E-state index in [0.29, 0.717) is 0 Å². The minimum Gasteiger partial charge on any atom is -0.335 e. The van der Waals surface area contributed by atoms with Gasteiger partial charge in [0.25, 0.3) is 0 Å². The highest BCUT2D eigenvalue weighted by molar-refractivity contribution is 7.84. The second-order valence-corrected chi connectivity index (χ2v) is 7.89. The SMILES string of the molecule is CC1=C2CC(NS(=O)C(C)(C)C)CN2C=NC1N. The summed E-state index contributed by atoms with van der Waals surface area (Å²) in [5.41, 5.74) is 8.22. The minimum atomic E-state index is -1.04. The summed E-state index contributed by atoms with van der Waals surface area (Å²) < 4.78 is 15.0. The maximum atomic E-state index is 12.1. The molecule has 102 valence electrons. The Labute approximate surface area is 111 Å². The lowest BCUT2D eigenvalue weighted by Gasteiger charge is -2.24. The Bertz CT molecular complexity index is 424. The molecule has 0 amide bonds. The van der Waals surface area contributed by atoms with Gasteiger partial charge < -0.3 is 10.6 Å². The molecule has 3 atom stereocenters. The molecule has 1 fully saturated rings. The summed E-state index contributed by atoms with van der Waals surface area (Å²) >= 11 is 0. The van der Waals surface area contributed by atoms with Crippen LogP contribution in [0.1, 0.15) is 34.1 Å². The summed E-state index contributed by atoms with van der Waals surface area (Å²) in [5.74, 6) is 0. The second-order valence-electron chi connectivity index (χ2n) is 5.89. The van der Waals surface area contributed by atoms with Gasteiger partial charge in [-0.15, -0.1) is 0 Å². The summed E-state index contributed by atoms with van der Waals surface area (Å²) in [4.78, 5) is 6.34. The fraction of sp³-hybridized carbons (Fsp3) is 0.750. The first-order valence-electron chi connectivity index (χ1n) is 6.22. The second kappa shape index (κ2) is 4.75. The maximum absolute atomic E-state index is 12.1. The molecule has 0 spiro atoms. The fourth-order valence-corrected chi connectivity index (χ4v) is 2.92. The van der Waals surface area contributed by atoms with Gasteiger partial charge in [-0.2, -0.15) is 0 Å². The number of nitrogens with two attached hydrogens (primary N) is 1. The molecule has 2 aliphatic heterocycles. The van der Waals surface area contributed by atoms with Crippen LogP contribution in [0, 0.1) is 0 Å². The largest absolute Gasteiger partial charge is 0.335 e. The predicted molar refractivity (Wildman–Crippen MR) is 75.3 cm³/mol. The van der Waals surface area contributed by atoms with Crippen molar-refractivity contribution in [3.05, 3.63) is 11.3 Å². The molecular weight excluding hydrogens is 248 g/mol. The van der Waals surface area contributed by atoms with Crippen LogP contribution in [0.25, 0.3) is 0 Å². The Morgan fingerprint density at radius 1 is 1.56 bits per heavy atom. The van der Waals surface area contributed by atoms with Gasteiger partial charge in [0, 0.05) is 24.7 Å². The zero-order chi connectivity index (χ0) is 13.5. The van der Waals surface area contributed by atoms with E-state index >= 15 is 0 Å². The van der Waals surface area contributed by atoms with Crippen molar-refractivity contribution >= 4 is 17.3 Å². The summed E-state index contributed by atoms with van der Waals surface area (Å²) in [7, 11) is -1.04. The van der Waals surface area contributed by atoms with Gasteiger partial charge >= 0.3 is 0 Å². The number of nitrogens with one attached hydrogen (secondary N) is 1. The third-order valence-corrected chi connectivity index (χ3v) is 4.96. The van der Waals surface area contributed by atoms with Crippen molar-refractivity contribution in [3.8, 4) is 0 Å². The first kappa shape index (κ1) is 13.7. The van der Waals surface area contributed by atoms with Crippen molar-refractivity contribution < 1.29 is 4.21 Å². The summed E-state index contributed by atoms with van der Waals surface area (Å²) in [6, 6.07) is 0.201. The van der Waals surface area contributed by atoms with Gasteiger partial charge in [-0.1, -0.05) is 0 Å². The van der Waals surface area contributed by atoms with E-state index in [9.17, 15) is 4.21 Å². The first-order chi connectivity index (χ1) is 8.29. The summed E-state index contributed by atoms with van der Waals surface area (Å²) in [6.07, 6.45) is 2.45. The molecule has 0 saturated carbocycles. The zero-order valence-corrected chi connectivity index (χ0v) is 12.3. The van der Waals surface area contributed by atoms with Gasteiger partial charge in [0.15, 0.2) is 0 Å². The third-order valence-electron chi connectivity index (χ3n) is 3.30. The Morgan fingerprint density at radius 2 is 2.22 bits per heavy atom. The molecule has 0 bridgehead atoms. The van der Waals surface area contributed by atoms with Crippen molar-refractivity contribution in [2.75, 3.05) is 6.54 Å². The molecule has 3 N–H and O–H groups in total. The third kappa shape index (κ3) is 2.65. The average molecular weight is 270 g/mol. The molecule has 0 aromatic rings. The van der Waals surface area contributed by atoms with Crippen LogP contribution >= 0.6 is 0 Å². The van der Waals surface area contributed by atoms with E-state index in [4.69, 9.17) is 5.73 Å². The van der Waals surface area contributed by atoms with Crippen molar-refractivity contribution in [2.45, 2.75) is 51.1 Å². The van der Waals surface area contributed by atoms with Crippen molar-refractivity contribution in [2.24, 2.45) is 10.7 Å². The van der Waals surface area contributed by atoms with Crippen LogP contribution in [-0.2, 0) is 11.0 Å². The standard InChI is InChI=1S/C12H22N4OS/c1-8-10-5-9(15-18(17)12(2,3)4)6-16(10)7-14-11(8)13/h7,9,11,15H,5-6,13H2,1-4H3. The molecular formula is C12H22N4OS. The Hall–Kier alpha value is -0.720. The number of hydrogen-bond acceptors (Lipinski definition) is 4. The number of nitrogens with zero attached hydrogens (tertiary/aromatic N) is 2. The lowest BCUT2D eigenvalue weighted by atomic mass is 10.1. The van der Waals surface area contributed by atoms with Crippen molar-refractivity contribution in [3.63, 3.8) is 0 Å². The molecule has 2 rings (SSSR count). The van der Waals surface area contributed by atoms with Crippen LogP contribution in [0.4, 0.5) is 0 Å². The molecule has 0 aromatic carbocycles. The van der Waals surface area contributed by atoms with E-state index in [1.165, 1.54) is 5.70 Å². The predicted octanol–water partition coefficient (Wildman–Crippen LogP) is 0.713. The number of fused-ring (bicyclic) bond motifs is 1. The molecule has 1 saturated heterocycles. The smallest absolute Gasteiger partial charge is 0.122 e. The van der Waals surface area contributed by atoms with Gasteiger partial charge in [-0.05, 0) is 33.3 Å². The lowest BCUT2D eigenvalue weighted by molar-refractivity contribution is 0.530. The molecule has 0 radical (unpaired) electrons. The highest BCUT2D eigenvalue weighted by atomic mass is 32.2. The van der Waals surface area contributed by atoms with Crippen LogP contribution in [0.5, 0.6) is 0 Å². The van der Waals surface area contributed by atoms with Gasteiger partial charge in [0.2, 0.25) is 0 Å². The number of rotatable bonds is 2. The molecule has 2 aliphatic rings. The zero-order valence-electron chi connectivity index (χ0n) is 11.4. The Balaban J connectivity index is 2.05. The number of hydrogen-bond donors (Lipinski definition) is 2. The average Bonchev–Trinajstić information content (AvgIpc) is 2.66. The first-order valence-corrected chi connectivity index (χ1v) is 7.37.